The molecule has 0 aliphatic carbocycles. The first-order valence-electron chi connectivity index (χ1n) is 17.6. The van der Waals surface area contributed by atoms with Gasteiger partial charge in [0.15, 0.2) is 0 Å². The van der Waals surface area contributed by atoms with Crippen LogP contribution in [0.25, 0.3) is 0 Å². The molecule has 3 aliphatic heterocycles. The van der Waals surface area contributed by atoms with E-state index in [4.69, 9.17) is 10.5 Å². The van der Waals surface area contributed by atoms with E-state index in [2.05, 4.69) is 34.2 Å². The Bertz CT molecular complexity index is 2240. The molecular weight excluding hydrogens is 665 g/mol. The molecule has 9 nitrogen and oxygen atoms in total. The van der Waals surface area contributed by atoms with Crippen molar-refractivity contribution in [1.82, 2.24) is 9.80 Å². The van der Waals surface area contributed by atoms with Crippen LogP contribution in [0.5, 0.6) is 5.75 Å². The van der Waals surface area contributed by atoms with Crippen molar-refractivity contribution >= 4 is 23.5 Å². The number of ether oxygens (including phenoxy) is 1. The lowest BCUT2D eigenvalue weighted by molar-refractivity contribution is -0.178. The van der Waals surface area contributed by atoms with Gasteiger partial charge >= 0.3 is 5.97 Å². The Morgan fingerprint density at radius 1 is 0.849 bits per heavy atom. The third kappa shape index (κ3) is 5.82. The van der Waals surface area contributed by atoms with Gasteiger partial charge in [-0.2, -0.15) is 0 Å². The summed E-state index contributed by atoms with van der Waals surface area (Å²) in [6, 6.07) is 38.6. The SMILES string of the molecule is CN(CC#Cc1ccc2c(c1)[C@]1(C(=O)N2)[C@H](C(N)=O)[C@H]2C(=O)O[C@H](c3ccccc3)[C@H](c3ccccc3)N2[C@@H]1c1ccc(O)cc1)Cc1ccccc1. The van der Waals surface area contributed by atoms with Gasteiger partial charge in [0.1, 0.15) is 23.3 Å². The zero-order valence-corrected chi connectivity index (χ0v) is 29.1. The second-order valence-corrected chi connectivity index (χ2v) is 13.9. The minimum Gasteiger partial charge on any atom is -0.508 e. The van der Waals surface area contributed by atoms with E-state index in [0.29, 0.717) is 28.9 Å². The van der Waals surface area contributed by atoms with Gasteiger partial charge < -0.3 is 20.9 Å². The highest BCUT2D eigenvalue weighted by Crippen LogP contribution is 2.64. The van der Waals surface area contributed by atoms with Gasteiger partial charge in [-0.05, 0) is 65.2 Å². The highest BCUT2D eigenvalue weighted by Gasteiger charge is 2.73. The van der Waals surface area contributed by atoms with Gasteiger partial charge in [0, 0.05) is 17.8 Å². The number of cyclic esters (lactones) is 1. The standard InChI is InChI=1S/C44H38N4O5/c1-47(27-29-12-5-2-6-13-29)25-11-14-28-19-24-35-34(26-28)44(43(52)46-35)36(41(45)50)38-42(51)53-39(31-17-9-4-10-18-31)37(30-15-7-3-8-16-30)48(38)40(44)32-20-22-33(49)23-21-32/h2-10,12-13,15-24,26,36-40,49H,25,27H2,1H3,(H2,45,50)(H,46,52)/t36-,37-,38-,39+,40+,44-/m0/s1. The maximum absolute atomic E-state index is 14.9. The van der Waals surface area contributed by atoms with E-state index in [-0.39, 0.29) is 5.75 Å². The molecule has 9 heteroatoms. The van der Waals surface area contributed by atoms with Crippen molar-refractivity contribution < 1.29 is 24.2 Å². The number of amides is 2. The molecule has 0 unspecified atom stereocenters. The highest BCUT2D eigenvalue weighted by atomic mass is 16.6. The lowest BCUT2D eigenvalue weighted by Gasteiger charge is -2.46. The summed E-state index contributed by atoms with van der Waals surface area (Å²) in [5, 5.41) is 13.4. The number of rotatable bonds is 7. The smallest absolute Gasteiger partial charge is 0.324 e. The molecule has 53 heavy (non-hydrogen) atoms. The number of nitrogens with two attached hydrogens (primary N) is 1. The van der Waals surface area contributed by atoms with Gasteiger partial charge in [0.25, 0.3) is 0 Å². The maximum atomic E-state index is 14.9. The number of carbonyl (C=O) groups is 3. The predicted octanol–water partition coefficient (Wildman–Crippen LogP) is 5.63. The van der Waals surface area contributed by atoms with Crippen molar-refractivity contribution in [2.75, 3.05) is 18.9 Å². The van der Waals surface area contributed by atoms with Gasteiger partial charge in [-0.15, -0.1) is 0 Å². The van der Waals surface area contributed by atoms with Gasteiger partial charge in [-0.25, -0.2) is 0 Å². The molecule has 264 valence electrons. The number of esters is 1. The van der Waals surface area contributed by atoms with E-state index < -0.39 is 53.3 Å². The zero-order chi connectivity index (χ0) is 36.7. The van der Waals surface area contributed by atoms with Crippen molar-refractivity contribution in [2.45, 2.75) is 36.2 Å². The van der Waals surface area contributed by atoms with Crippen LogP contribution in [0.3, 0.4) is 0 Å². The number of nitrogens with zero attached hydrogens (tertiary/aromatic N) is 2. The summed E-state index contributed by atoms with van der Waals surface area (Å²) in [6.45, 7) is 1.23. The van der Waals surface area contributed by atoms with Crippen LogP contribution in [0.4, 0.5) is 5.69 Å². The number of fused-ring (bicyclic) bond motifs is 3. The van der Waals surface area contributed by atoms with Gasteiger partial charge in [0.05, 0.1) is 24.5 Å². The second kappa shape index (κ2) is 13.7. The van der Waals surface area contributed by atoms with Crippen molar-refractivity contribution in [1.29, 1.82) is 0 Å². The van der Waals surface area contributed by atoms with Crippen LogP contribution in [0.15, 0.2) is 133 Å². The first kappa shape index (κ1) is 33.9. The normalized spacial score (nSPS) is 24.5. The molecule has 2 amide bonds. The molecule has 4 N–H and O–H groups in total. The Morgan fingerprint density at radius 2 is 1.49 bits per heavy atom. The fourth-order valence-corrected chi connectivity index (χ4v) is 8.58. The largest absolute Gasteiger partial charge is 0.508 e. The fourth-order valence-electron chi connectivity index (χ4n) is 8.58. The monoisotopic (exact) mass is 702 g/mol. The van der Waals surface area contributed by atoms with Crippen LogP contribution >= 0.6 is 0 Å². The Hall–Kier alpha value is -6.21. The topological polar surface area (TPSA) is 125 Å². The van der Waals surface area contributed by atoms with Crippen LogP contribution in [-0.2, 0) is 31.1 Å². The lowest BCUT2D eigenvalue weighted by Crippen LogP contribution is -2.53. The molecule has 1 spiro atoms. The number of phenolic OH excluding ortho intramolecular Hbond substituents is 1. The number of hydrogen-bond donors (Lipinski definition) is 3. The number of primary amides is 1. The number of benzene rings is 5. The number of hydrogen-bond acceptors (Lipinski definition) is 7. The van der Waals surface area contributed by atoms with E-state index in [1.165, 1.54) is 5.56 Å². The number of phenols is 1. The zero-order valence-electron chi connectivity index (χ0n) is 29.1. The molecular formula is C44H38N4O5. The minimum absolute atomic E-state index is 0.0368. The van der Waals surface area contributed by atoms with E-state index in [9.17, 15) is 19.5 Å². The summed E-state index contributed by atoms with van der Waals surface area (Å²) in [4.78, 5) is 47.4. The van der Waals surface area contributed by atoms with Crippen molar-refractivity contribution in [2.24, 2.45) is 11.7 Å². The maximum Gasteiger partial charge on any atom is 0.324 e. The van der Waals surface area contributed by atoms with Crippen molar-refractivity contribution in [3.63, 3.8) is 0 Å². The molecule has 2 saturated heterocycles. The Morgan fingerprint density at radius 3 is 2.15 bits per heavy atom. The van der Waals surface area contributed by atoms with Gasteiger partial charge in [-0.3, -0.25) is 24.2 Å². The summed E-state index contributed by atoms with van der Waals surface area (Å²) in [6.07, 6.45) is -0.778. The molecule has 5 aromatic carbocycles. The fraction of sp³-hybridized carbons (Fsp3) is 0.205. The molecule has 0 bridgehead atoms. The van der Waals surface area contributed by atoms with E-state index >= 15 is 0 Å². The van der Waals surface area contributed by atoms with E-state index in [0.717, 1.165) is 17.7 Å². The first-order valence-corrected chi connectivity index (χ1v) is 17.6. The van der Waals surface area contributed by atoms with Crippen LogP contribution < -0.4 is 11.1 Å². The van der Waals surface area contributed by atoms with Crippen LogP contribution in [0, 0.1) is 17.8 Å². The van der Waals surface area contributed by atoms with Gasteiger partial charge in [0.2, 0.25) is 11.8 Å². The Labute approximate surface area is 308 Å². The number of anilines is 1. The highest BCUT2D eigenvalue weighted by molar-refractivity contribution is 6.12. The quantitative estimate of drug-likeness (QED) is 0.148. The molecule has 0 radical (unpaired) electrons. The predicted molar refractivity (Wildman–Crippen MR) is 200 cm³/mol. The summed E-state index contributed by atoms with van der Waals surface area (Å²) < 4.78 is 6.32. The summed E-state index contributed by atoms with van der Waals surface area (Å²) in [5.74, 6) is 3.35. The van der Waals surface area contributed by atoms with E-state index in [1.807, 2.05) is 103 Å². The Kier molecular flexibility index (Phi) is 8.79. The molecule has 5 aromatic rings. The molecule has 6 atom stereocenters. The first-order chi connectivity index (χ1) is 25.8. The van der Waals surface area contributed by atoms with Crippen LogP contribution in [0.2, 0.25) is 0 Å². The number of morpholine rings is 1. The molecule has 3 aliphatic rings. The second-order valence-electron chi connectivity index (χ2n) is 13.9. The third-order valence-electron chi connectivity index (χ3n) is 10.7. The Balaban J connectivity index is 1.30. The number of nitrogens with one attached hydrogen (secondary N) is 1. The molecule has 0 aromatic heterocycles. The summed E-state index contributed by atoms with van der Waals surface area (Å²) >= 11 is 0. The van der Waals surface area contributed by atoms with Crippen molar-refractivity contribution in [3.8, 4) is 17.6 Å². The van der Waals surface area contributed by atoms with Crippen molar-refractivity contribution in [3.05, 3.63) is 167 Å². The molecule has 3 heterocycles. The molecule has 2 fully saturated rings. The number of carbonyl (C=O) groups excluding carboxylic acids is 3. The van der Waals surface area contributed by atoms with Crippen LogP contribution in [-0.4, -0.2) is 52.3 Å². The average molecular weight is 703 g/mol. The van der Waals surface area contributed by atoms with Crippen LogP contribution in [0.1, 0.15) is 51.6 Å². The lowest BCUT2D eigenvalue weighted by atomic mass is 9.65. The summed E-state index contributed by atoms with van der Waals surface area (Å²) in [5.41, 5.74) is 9.75. The average Bonchev–Trinajstić information content (AvgIpc) is 3.65. The molecule has 8 rings (SSSR count). The van der Waals surface area contributed by atoms with Gasteiger partial charge in [-0.1, -0.05) is 115 Å². The molecule has 0 saturated carbocycles. The number of aromatic hydroxyl groups is 1. The minimum atomic E-state index is -1.66. The van der Waals surface area contributed by atoms with E-state index in [1.54, 1.807) is 30.3 Å². The summed E-state index contributed by atoms with van der Waals surface area (Å²) in [7, 11) is 2.00. The third-order valence-corrected chi connectivity index (χ3v) is 10.7.